The molecular formula is C20H29N5O3. The van der Waals surface area contributed by atoms with Crippen molar-refractivity contribution in [1.29, 1.82) is 0 Å². The lowest BCUT2D eigenvalue weighted by Crippen LogP contribution is -2.44. The zero-order chi connectivity index (χ0) is 20.1. The molecule has 4 heterocycles. The van der Waals surface area contributed by atoms with Crippen molar-refractivity contribution in [2.45, 2.75) is 71.0 Å². The second-order valence-corrected chi connectivity index (χ2v) is 8.54. The van der Waals surface area contributed by atoms with Gasteiger partial charge < -0.3 is 15.1 Å². The second kappa shape index (κ2) is 6.90. The van der Waals surface area contributed by atoms with E-state index in [1.807, 2.05) is 25.7 Å². The van der Waals surface area contributed by atoms with Crippen LogP contribution >= 0.6 is 0 Å². The molecule has 4 rings (SSSR count). The minimum atomic E-state index is -0.223. The molecule has 1 N–H and O–H groups in total. The van der Waals surface area contributed by atoms with E-state index in [9.17, 15) is 14.4 Å². The van der Waals surface area contributed by atoms with Crippen LogP contribution in [-0.4, -0.2) is 57.0 Å². The van der Waals surface area contributed by atoms with Crippen molar-refractivity contribution in [3.05, 3.63) is 27.4 Å². The Labute approximate surface area is 164 Å². The average molecular weight is 387 g/mol. The highest BCUT2D eigenvalue weighted by atomic mass is 16.2. The Morgan fingerprint density at radius 3 is 2.64 bits per heavy atom. The number of hydrogen-bond acceptors (Lipinski definition) is 4. The number of fused-ring (bicyclic) bond motifs is 3. The highest BCUT2D eigenvalue weighted by Gasteiger charge is 2.48. The number of carbonyl (C=O) groups is 2. The van der Waals surface area contributed by atoms with Gasteiger partial charge in [0.05, 0.1) is 17.8 Å². The Balaban J connectivity index is 1.62. The topological polar surface area (TPSA) is 87.5 Å². The maximum absolute atomic E-state index is 13.2. The van der Waals surface area contributed by atoms with E-state index in [-0.39, 0.29) is 29.0 Å². The maximum Gasteiger partial charge on any atom is 0.317 e. The molecule has 8 nitrogen and oxygen atoms in total. The normalized spacial score (nSPS) is 23.3. The molecular weight excluding hydrogens is 358 g/mol. The van der Waals surface area contributed by atoms with E-state index in [0.717, 1.165) is 24.4 Å². The fraction of sp³-hybridized carbons (Fsp3) is 0.700. The Kier molecular flexibility index (Phi) is 4.67. The number of amides is 3. The van der Waals surface area contributed by atoms with Crippen molar-refractivity contribution in [3.63, 3.8) is 0 Å². The number of hydrogen-bond donors (Lipinski definition) is 1. The molecule has 28 heavy (non-hydrogen) atoms. The monoisotopic (exact) mass is 387 g/mol. The van der Waals surface area contributed by atoms with Crippen LogP contribution in [0.5, 0.6) is 0 Å². The summed E-state index contributed by atoms with van der Waals surface area (Å²) in [7, 11) is 0. The molecule has 1 unspecified atom stereocenters. The Morgan fingerprint density at radius 1 is 1.18 bits per heavy atom. The van der Waals surface area contributed by atoms with Crippen molar-refractivity contribution in [2.75, 3.05) is 19.6 Å². The van der Waals surface area contributed by atoms with Gasteiger partial charge in [0.2, 0.25) is 5.91 Å². The van der Waals surface area contributed by atoms with Crippen molar-refractivity contribution < 1.29 is 9.59 Å². The summed E-state index contributed by atoms with van der Waals surface area (Å²) in [5, 5.41) is 2.96. The highest BCUT2D eigenvalue weighted by Crippen LogP contribution is 2.41. The number of likely N-dealkylation sites (tertiary alicyclic amines) is 1. The van der Waals surface area contributed by atoms with E-state index < -0.39 is 0 Å². The van der Waals surface area contributed by atoms with Crippen molar-refractivity contribution in [3.8, 4) is 0 Å². The third-order valence-electron chi connectivity index (χ3n) is 6.31. The van der Waals surface area contributed by atoms with Crippen LogP contribution in [0.1, 0.15) is 57.1 Å². The molecule has 0 aromatic carbocycles. The van der Waals surface area contributed by atoms with Gasteiger partial charge in [0.25, 0.3) is 5.56 Å². The number of nitrogens with zero attached hydrogens (tertiary/aromatic N) is 4. The molecule has 1 atom stereocenters. The zero-order valence-corrected chi connectivity index (χ0v) is 17.0. The second-order valence-electron chi connectivity index (χ2n) is 8.54. The van der Waals surface area contributed by atoms with Gasteiger partial charge in [-0.15, -0.1) is 0 Å². The van der Waals surface area contributed by atoms with Gasteiger partial charge in [-0.3, -0.25) is 14.2 Å². The quantitative estimate of drug-likeness (QED) is 0.820. The largest absolute Gasteiger partial charge is 0.338 e. The van der Waals surface area contributed by atoms with Gasteiger partial charge in [-0.1, -0.05) is 6.92 Å². The van der Waals surface area contributed by atoms with Gasteiger partial charge in [0, 0.05) is 50.5 Å². The van der Waals surface area contributed by atoms with E-state index in [0.29, 0.717) is 51.1 Å². The first-order valence-electron chi connectivity index (χ1n) is 10.3. The van der Waals surface area contributed by atoms with E-state index in [4.69, 9.17) is 4.98 Å². The third kappa shape index (κ3) is 2.99. The van der Waals surface area contributed by atoms with Crippen LogP contribution < -0.4 is 10.9 Å². The Hall–Kier alpha value is -2.38. The van der Waals surface area contributed by atoms with Crippen molar-refractivity contribution >= 4 is 11.9 Å². The minimum absolute atomic E-state index is 0.00411. The number of aromatic nitrogens is 2. The van der Waals surface area contributed by atoms with Crippen LogP contribution in [-0.2, 0) is 29.7 Å². The van der Waals surface area contributed by atoms with Crippen LogP contribution in [0, 0.1) is 0 Å². The molecule has 3 aliphatic rings. The molecule has 0 saturated carbocycles. The molecule has 0 radical (unpaired) electrons. The van der Waals surface area contributed by atoms with Crippen molar-refractivity contribution in [1.82, 2.24) is 24.7 Å². The van der Waals surface area contributed by atoms with E-state index in [2.05, 4.69) is 5.32 Å². The van der Waals surface area contributed by atoms with Crippen molar-refractivity contribution in [2.24, 2.45) is 0 Å². The third-order valence-corrected chi connectivity index (χ3v) is 6.31. The molecule has 152 valence electrons. The number of rotatable bonds is 2. The summed E-state index contributed by atoms with van der Waals surface area (Å²) in [6, 6.07) is 0.0563. The summed E-state index contributed by atoms with van der Waals surface area (Å²) < 4.78 is 1.79. The van der Waals surface area contributed by atoms with Crippen LogP contribution in [0.25, 0.3) is 0 Å². The highest BCUT2D eigenvalue weighted by molar-refractivity contribution is 5.76. The first kappa shape index (κ1) is 19.0. The van der Waals surface area contributed by atoms with Gasteiger partial charge in [0.1, 0.15) is 5.82 Å². The Morgan fingerprint density at radius 2 is 1.93 bits per heavy atom. The Bertz CT molecular complexity index is 877. The smallest absolute Gasteiger partial charge is 0.317 e. The lowest BCUT2D eigenvalue weighted by Gasteiger charge is -2.29. The predicted octanol–water partition coefficient (Wildman–Crippen LogP) is 1.00. The standard InChI is InChI=1S/C20H29N5O3/c1-4-16(26)23-8-5-15-14(11-23)17(27)25-10-7-20(18(25)22-15)6-9-24(12-20)19(28)21-13(2)3/h13H,4-12H2,1-3H3,(H,21,28). The van der Waals surface area contributed by atoms with Gasteiger partial charge in [-0.05, 0) is 26.7 Å². The molecule has 3 aliphatic heterocycles. The predicted molar refractivity (Wildman–Crippen MR) is 104 cm³/mol. The molecule has 8 heteroatoms. The summed E-state index contributed by atoms with van der Waals surface area (Å²) in [6.45, 7) is 8.66. The maximum atomic E-state index is 13.2. The fourth-order valence-electron chi connectivity index (χ4n) is 4.77. The van der Waals surface area contributed by atoms with E-state index >= 15 is 0 Å². The minimum Gasteiger partial charge on any atom is -0.338 e. The number of carbonyl (C=O) groups excluding carboxylic acids is 2. The molecule has 1 saturated heterocycles. The average Bonchev–Trinajstić information content (AvgIpc) is 3.26. The van der Waals surface area contributed by atoms with Gasteiger partial charge in [0.15, 0.2) is 0 Å². The van der Waals surface area contributed by atoms with Crippen LogP contribution in [0.4, 0.5) is 4.79 Å². The molecule has 1 aromatic rings. The SMILES string of the molecule is CCC(=O)N1CCc2nc3n(c(=O)c2C1)CCC31CCN(C(=O)NC(C)C)C1. The molecule has 1 aromatic heterocycles. The lowest BCUT2D eigenvalue weighted by molar-refractivity contribution is -0.131. The zero-order valence-electron chi connectivity index (χ0n) is 17.0. The lowest BCUT2D eigenvalue weighted by atomic mass is 9.85. The fourth-order valence-corrected chi connectivity index (χ4v) is 4.77. The van der Waals surface area contributed by atoms with Gasteiger partial charge in [-0.25, -0.2) is 9.78 Å². The van der Waals surface area contributed by atoms with Gasteiger partial charge >= 0.3 is 6.03 Å². The first-order valence-corrected chi connectivity index (χ1v) is 10.3. The van der Waals surface area contributed by atoms with Crippen LogP contribution in [0.3, 0.4) is 0 Å². The number of urea groups is 1. The summed E-state index contributed by atoms with van der Waals surface area (Å²) in [4.78, 5) is 46.2. The summed E-state index contributed by atoms with van der Waals surface area (Å²) in [5.41, 5.74) is 1.28. The van der Waals surface area contributed by atoms with Crippen LogP contribution in [0.2, 0.25) is 0 Å². The summed E-state index contributed by atoms with van der Waals surface area (Å²) in [5.74, 6) is 0.918. The molecule has 0 bridgehead atoms. The van der Waals surface area contributed by atoms with E-state index in [1.54, 1.807) is 9.47 Å². The van der Waals surface area contributed by atoms with E-state index in [1.165, 1.54) is 0 Å². The summed E-state index contributed by atoms with van der Waals surface area (Å²) in [6.07, 6.45) is 2.75. The molecule has 1 spiro atoms. The molecule has 1 fully saturated rings. The number of nitrogens with one attached hydrogen (secondary N) is 1. The molecule has 0 aliphatic carbocycles. The van der Waals surface area contributed by atoms with Gasteiger partial charge in [-0.2, -0.15) is 0 Å². The first-order chi connectivity index (χ1) is 13.3. The van der Waals surface area contributed by atoms with Crippen LogP contribution in [0.15, 0.2) is 4.79 Å². The molecule has 3 amide bonds. The summed E-state index contributed by atoms with van der Waals surface area (Å²) >= 11 is 0.